The fourth-order valence-electron chi connectivity index (χ4n) is 3.21. The summed E-state index contributed by atoms with van der Waals surface area (Å²) >= 11 is 0. The molecule has 0 saturated carbocycles. The van der Waals surface area contributed by atoms with Crippen molar-refractivity contribution in [1.82, 2.24) is 14.8 Å². The molecule has 7 heteroatoms. The zero-order valence-corrected chi connectivity index (χ0v) is 15.0. The molecule has 0 spiro atoms. The molecule has 1 amide bonds. The Kier molecular flexibility index (Phi) is 4.58. The summed E-state index contributed by atoms with van der Waals surface area (Å²) in [4.78, 5) is 16.0. The van der Waals surface area contributed by atoms with Crippen molar-refractivity contribution in [3.8, 4) is 22.4 Å². The number of benzene rings is 1. The van der Waals surface area contributed by atoms with E-state index in [0.717, 1.165) is 47.7 Å². The second-order valence-corrected chi connectivity index (χ2v) is 6.41. The molecule has 0 fully saturated rings. The summed E-state index contributed by atoms with van der Waals surface area (Å²) in [6, 6.07) is 10.1. The number of carbonyl (C=O) groups excluding carboxylic acids is 1. The number of pyridine rings is 1. The molecule has 1 aliphatic rings. The predicted octanol–water partition coefficient (Wildman–Crippen LogP) is 3.92. The van der Waals surface area contributed by atoms with Crippen LogP contribution in [0, 0.1) is 5.82 Å². The first-order valence-electron chi connectivity index (χ1n) is 9.02. The van der Waals surface area contributed by atoms with Crippen LogP contribution in [-0.4, -0.2) is 27.2 Å². The Balaban J connectivity index is 1.84. The molecule has 138 valence electrons. The molecule has 1 aliphatic heterocycles. The number of carbonyl (C=O) groups is 1. The molecule has 4 rings (SSSR count). The summed E-state index contributed by atoms with van der Waals surface area (Å²) < 4.78 is 15.3. The number of rotatable bonds is 4. The van der Waals surface area contributed by atoms with Crippen LogP contribution in [0.15, 0.2) is 42.6 Å². The van der Waals surface area contributed by atoms with Crippen molar-refractivity contribution < 1.29 is 9.18 Å². The van der Waals surface area contributed by atoms with Gasteiger partial charge in [-0.3, -0.25) is 4.79 Å². The average Bonchev–Trinajstić information content (AvgIpc) is 3.08. The molecule has 3 heterocycles. The average molecular weight is 365 g/mol. The monoisotopic (exact) mass is 365 g/mol. The first kappa shape index (κ1) is 17.2. The second kappa shape index (κ2) is 7.19. The zero-order chi connectivity index (χ0) is 18.8. The third-order valence-electron chi connectivity index (χ3n) is 4.55. The minimum atomic E-state index is -0.282. The highest BCUT2D eigenvalue weighted by atomic mass is 19.1. The number of halogens is 1. The molecule has 0 aliphatic carbocycles. The maximum atomic E-state index is 13.4. The van der Waals surface area contributed by atoms with Gasteiger partial charge in [0, 0.05) is 31.3 Å². The fourth-order valence-corrected chi connectivity index (χ4v) is 3.21. The maximum Gasteiger partial charge on any atom is 0.225 e. The summed E-state index contributed by atoms with van der Waals surface area (Å²) in [6.07, 6.45) is 3.05. The Morgan fingerprint density at radius 3 is 2.85 bits per heavy atom. The van der Waals surface area contributed by atoms with Crippen molar-refractivity contribution in [2.75, 3.05) is 17.2 Å². The number of anilines is 2. The van der Waals surface area contributed by atoms with Crippen molar-refractivity contribution in [3.63, 3.8) is 0 Å². The van der Waals surface area contributed by atoms with E-state index >= 15 is 0 Å². The van der Waals surface area contributed by atoms with Gasteiger partial charge in [-0.25, -0.2) is 14.1 Å². The van der Waals surface area contributed by atoms with Crippen molar-refractivity contribution in [2.45, 2.75) is 26.3 Å². The highest BCUT2D eigenvalue weighted by Crippen LogP contribution is 2.39. The molecule has 2 aromatic heterocycles. The maximum absolute atomic E-state index is 13.4. The van der Waals surface area contributed by atoms with Gasteiger partial charge in [-0.1, -0.05) is 6.92 Å². The zero-order valence-electron chi connectivity index (χ0n) is 15.0. The number of nitrogens with one attached hydrogen (secondary N) is 2. The summed E-state index contributed by atoms with van der Waals surface area (Å²) in [5.41, 5.74) is 3.44. The number of amides is 1. The number of hydrogen-bond donors (Lipinski definition) is 2. The number of aryl methyl sites for hydroxylation is 1. The Morgan fingerprint density at radius 2 is 2.07 bits per heavy atom. The van der Waals surface area contributed by atoms with Crippen molar-refractivity contribution in [3.05, 3.63) is 48.4 Å². The number of hydrogen-bond acceptors (Lipinski definition) is 4. The first-order chi connectivity index (χ1) is 13.2. The largest absolute Gasteiger partial charge is 0.370 e. The lowest BCUT2D eigenvalue weighted by molar-refractivity contribution is -0.115. The Bertz CT molecular complexity index is 981. The highest BCUT2D eigenvalue weighted by Gasteiger charge is 2.23. The van der Waals surface area contributed by atoms with Gasteiger partial charge in [0.1, 0.15) is 23.1 Å². The molecule has 0 atom stereocenters. The Morgan fingerprint density at radius 1 is 1.26 bits per heavy atom. The highest BCUT2D eigenvalue weighted by molar-refractivity contribution is 5.93. The van der Waals surface area contributed by atoms with Gasteiger partial charge in [0.05, 0.1) is 5.56 Å². The summed E-state index contributed by atoms with van der Waals surface area (Å²) in [5, 5.41) is 11.0. The van der Waals surface area contributed by atoms with E-state index in [1.807, 2.05) is 16.8 Å². The molecule has 0 saturated heterocycles. The Hall–Kier alpha value is -3.22. The van der Waals surface area contributed by atoms with Crippen molar-refractivity contribution >= 4 is 17.5 Å². The summed E-state index contributed by atoms with van der Waals surface area (Å²) in [6.45, 7) is 3.48. The second-order valence-electron chi connectivity index (χ2n) is 6.41. The van der Waals surface area contributed by atoms with Crippen LogP contribution in [0.4, 0.5) is 16.0 Å². The lowest BCUT2D eigenvalue weighted by Crippen LogP contribution is -2.17. The molecule has 0 unspecified atom stereocenters. The van der Waals surface area contributed by atoms with Crippen LogP contribution in [0.5, 0.6) is 0 Å². The van der Waals surface area contributed by atoms with E-state index in [1.54, 1.807) is 25.3 Å². The topological polar surface area (TPSA) is 71.8 Å². The number of nitrogens with zero attached hydrogens (tertiary/aromatic N) is 3. The minimum absolute atomic E-state index is 0.0893. The van der Waals surface area contributed by atoms with E-state index in [-0.39, 0.29) is 11.7 Å². The molecule has 0 radical (unpaired) electrons. The standard InChI is InChI=1S/C20H20FN5O/c1-2-17(27)24-16-12-14(8-10-22-16)18-19(13-4-6-15(21)7-5-13)25-26-11-3-9-23-20(18)26/h4-8,10,12,23H,2-3,9,11H2,1H3,(H,22,24,27). The molecular weight excluding hydrogens is 345 g/mol. The fraction of sp³-hybridized carbons (Fsp3) is 0.250. The van der Waals surface area contributed by atoms with Crippen molar-refractivity contribution in [1.29, 1.82) is 0 Å². The van der Waals surface area contributed by atoms with Crippen molar-refractivity contribution in [2.24, 2.45) is 0 Å². The molecular formula is C20H20FN5O. The predicted molar refractivity (Wildman–Crippen MR) is 103 cm³/mol. The van der Waals surface area contributed by atoms with Gasteiger partial charge in [-0.15, -0.1) is 0 Å². The molecule has 3 aromatic rings. The first-order valence-corrected chi connectivity index (χ1v) is 9.02. The van der Waals surface area contributed by atoms with Gasteiger partial charge >= 0.3 is 0 Å². The number of aromatic nitrogens is 3. The van der Waals surface area contributed by atoms with Gasteiger partial charge in [-0.2, -0.15) is 5.10 Å². The van der Waals surface area contributed by atoms with Crippen LogP contribution >= 0.6 is 0 Å². The van der Waals surface area contributed by atoms with Crippen LogP contribution in [0.25, 0.3) is 22.4 Å². The van der Waals surface area contributed by atoms with Crippen LogP contribution in [0.2, 0.25) is 0 Å². The third kappa shape index (κ3) is 3.40. The normalized spacial score (nSPS) is 13.0. The summed E-state index contributed by atoms with van der Waals surface area (Å²) in [5.74, 6) is 1.06. The van der Waals surface area contributed by atoms with E-state index in [2.05, 4.69) is 15.6 Å². The lowest BCUT2D eigenvalue weighted by Gasteiger charge is -2.17. The smallest absolute Gasteiger partial charge is 0.225 e. The lowest BCUT2D eigenvalue weighted by atomic mass is 10.0. The molecule has 6 nitrogen and oxygen atoms in total. The van der Waals surface area contributed by atoms with Crippen LogP contribution in [-0.2, 0) is 11.3 Å². The molecule has 0 bridgehead atoms. The molecule has 27 heavy (non-hydrogen) atoms. The van der Waals surface area contributed by atoms with Gasteiger partial charge < -0.3 is 10.6 Å². The quantitative estimate of drug-likeness (QED) is 0.735. The van der Waals surface area contributed by atoms with E-state index in [0.29, 0.717) is 12.2 Å². The third-order valence-corrected chi connectivity index (χ3v) is 4.55. The van der Waals surface area contributed by atoms with Crippen LogP contribution < -0.4 is 10.6 Å². The SMILES string of the molecule is CCC(=O)Nc1cc(-c2c(-c3ccc(F)cc3)nn3c2NCCC3)ccn1. The van der Waals surface area contributed by atoms with Crippen LogP contribution in [0.1, 0.15) is 19.8 Å². The number of fused-ring (bicyclic) bond motifs is 1. The van der Waals surface area contributed by atoms with Gasteiger partial charge in [0.15, 0.2) is 0 Å². The summed E-state index contributed by atoms with van der Waals surface area (Å²) in [7, 11) is 0. The van der Waals surface area contributed by atoms with Crippen LogP contribution in [0.3, 0.4) is 0 Å². The van der Waals surface area contributed by atoms with Gasteiger partial charge in [0.2, 0.25) is 5.91 Å². The Labute approximate surface area is 156 Å². The molecule has 2 N–H and O–H groups in total. The molecule has 1 aromatic carbocycles. The van der Waals surface area contributed by atoms with E-state index in [1.165, 1.54) is 12.1 Å². The van der Waals surface area contributed by atoms with Gasteiger partial charge in [0.25, 0.3) is 0 Å². The van der Waals surface area contributed by atoms with E-state index in [4.69, 9.17) is 5.10 Å². The minimum Gasteiger partial charge on any atom is -0.370 e. The van der Waals surface area contributed by atoms with Gasteiger partial charge in [-0.05, 0) is 48.4 Å². The van der Waals surface area contributed by atoms with E-state index in [9.17, 15) is 9.18 Å². The van der Waals surface area contributed by atoms with E-state index < -0.39 is 0 Å².